The van der Waals surface area contributed by atoms with E-state index in [-0.39, 0.29) is 36.3 Å². The molecule has 4 aliphatic rings. The van der Waals surface area contributed by atoms with Crippen LogP contribution < -0.4 is 25.2 Å². The van der Waals surface area contributed by atoms with E-state index in [0.29, 0.717) is 68.1 Å². The van der Waals surface area contributed by atoms with Gasteiger partial charge in [0.1, 0.15) is 17.7 Å². The van der Waals surface area contributed by atoms with Crippen molar-refractivity contribution in [3.05, 3.63) is 47.3 Å². The quantitative estimate of drug-likeness (QED) is 0.617. The molecule has 10 heteroatoms. The van der Waals surface area contributed by atoms with Gasteiger partial charge in [0.15, 0.2) is 6.61 Å². The average Bonchev–Trinajstić information content (AvgIpc) is 3.42. The van der Waals surface area contributed by atoms with Crippen LogP contribution in [0, 0.1) is 5.82 Å². The molecule has 0 aromatic heterocycles. The zero-order valence-corrected chi connectivity index (χ0v) is 19.0. The fourth-order valence-corrected chi connectivity index (χ4v) is 5.37. The number of fused-ring (bicyclic) bond motifs is 1. The van der Waals surface area contributed by atoms with Gasteiger partial charge in [0.2, 0.25) is 5.91 Å². The fraction of sp³-hybridized carbons (Fsp3) is 0.400. The molecule has 182 valence electrons. The zero-order chi connectivity index (χ0) is 24.1. The maximum absolute atomic E-state index is 14.7. The van der Waals surface area contributed by atoms with Crippen LogP contribution in [0.3, 0.4) is 0 Å². The Balaban J connectivity index is 1.05. The summed E-state index contributed by atoms with van der Waals surface area (Å²) >= 11 is 0. The molecule has 9 nitrogen and oxygen atoms in total. The van der Waals surface area contributed by atoms with Crippen LogP contribution in [0.2, 0.25) is 0 Å². The Morgan fingerprint density at radius 3 is 2.86 bits per heavy atom. The fourth-order valence-electron chi connectivity index (χ4n) is 5.37. The highest BCUT2D eigenvalue weighted by Gasteiger charge is 2.39. The van der Waals surface area contributed by atoms with Crippen LogP contribution in [0.25, 0.3) is 0 Å². The first-order chi connectivity index (χ1) is 17.0. The molecule has 2 atom stereocenters. The van der Waals surface area contributed by atoms with Gasteiger partial charge in [0.05, 0.1) is 17.9 Å². The van der Waals surface area contributed by atoms with Crippen LogP contribution in [0.15, 0.2) is 30.3 Å². The second-order valence-corrected chi connectivity index (χ2v) is 9.30. The number of hydrogen-bond donors (Lipinski definition) is 2. The summed E-state index contributed by atoms with van der Waals surface area (Å²) in [6.45, 7) is 1.97. The second-order valence-electron chi connectivity index (χ2n) is 9.30. The summed E-state index contributed by atoms with van der Waals surface area (Å²) in [5.41, 5.74) is 3.58. The molecule has 0 unspecified atom stereocenters. The van der Waals surface area contributed by atoms with E-state index in [4.69, 9.17) is 9.47 Å². The van der Waals surface area contributed by atoms with Crippen molar-refractivity contribution >= 4 is 35.0 Å². The van der Waals surface area contributed by atoms with Gasteiger partial charge < -0.3 is 25.0 Å². The van der Waals surface area contributed by atoms with Crippen molar-refractivity contribution in [3.63, 3.8) is 0 Å². The van der Waals surface area contributed by atoms with Crippen LogP contribution in [-0.4, -0.2) is 56.8 Å². The van der Waals surface area contributed by atoms with Gasteiger partial charge in [-0.15, -0.1) is 0 Å². The van der Waals surface area contributed by atoms with Crippen molar-refractivity contribution in [3.8, 4) is 5.75 Å². The number of nitrogens with one attached hydrogen (secondary N) is 2. The van der Waals surface area contributed by atoms with Gasteiger partial charge in [0, 0.05) is 36.7 Å². The standard InChI is InChI=1S/C25H25FN4O5/c26-18-4-1-14-2-6-22(32)30-11-15(23(18)24(14)30)10-27-8-7-17-12-29(25(33)35-17)16-3-5-20-19(9-16)28-21(31)13-34-20/h1,3-5,9,15,17,27H,2,6-8,10-13H2,(H,28,31)/t15-,17-/m0/s1. The first kappa shape index (κ1) is 21.8. The van der Waals surface area contributed by atoms with E-state index < -0.39 is 6.09 Å². The van der Waals surface area contributed by atoms with Crippen molar-refractivity contribution in [2.75, 3.05) is 47.9 Å². The van der Waals surface area contributed by atoms with Crippen molar-refractivity contribution in [1.82, 2.24) is 5.32 Å². The van der Waals surface area contributed by atoms with Crippen molar-refractivity contribution < 1.29 is 28.2 Å². The molecular weight excluding hydrogens is 455 g/mol. The minimum Gasteiger partial charge on any atom is -0.482 e. The highest BCUT2D eigenvalue weighted by Crippen LogP contribution is 2.43. The normalized spacial score (nSPS) is 22.5. The highest BCUT2D eigenvalue weighted by molar-refractivity contribution is 5.99. The van der Waals surface area contributed by atoms with E-state index in [2.05, 4.69) is 10.6 Å². The minimum atomic E-state index is -0.440. The molecule has 4 aliphatic heterocycles. The van der Waals surface area contributed by atoms with Crippen molar-refractivity contribution in [2.24, 2.45) is 0 Å². The Kier molecular flexibility index (Phi) is 5.32. The van der Waals surface area contributed by atoms with Crippen LogP contribution >= 0.6 is 0 Å². The van der Waals surface area contributed by atoms with E-state index in [1.165, 1.54) is 11.0 Å². The molecule has 3 amide bonds. The Morgan fingerprint density at radius 1 is 1.09 bits per heavy atom. The number of halogens is 1. The summed E-state index contributed by atoms with van der Waals surface area (Å²) in [6, 6.07) is 8.48. The number of aryl methyl sites for hydroxylation is 1. The molecule has 35 heavy (non-hydrogen) atoms. The van der Waals surface area contributed by atoms with E-state index in [0.717, 1.165) is 11.3 Å². The Hall–Kier alpha value is -3.66. The lowest BCUT2D eigenvalue weighted by molar-refractivity contribution is -0.119. The summed E-state index contributed by atoms with van der Waals surface area (Å²) in [6.07, 6.45) is 0.982. The Labute approximate surface area is 201 Å². The van der Waals surface area contributed by atoms with Crippen LogP contribution in [0.4, 0.5) is 26.2 Å². The number of carbonyl (C=O) groups is 3. The molecule has 0 bridgehead atoms. The first-order valence-electron chi connectivity index (χ1n) is 11.8. The topological polar surface area (TPSA) is 100 Å². The predicted molar refractivity (Wildman–Crippen MR) is 125 cm³/mol. The van der Waals surface area contributed by atoms with Gasteiger partial charge in [-0.2, -0.15) is 0 Å². The van der Waals surface area contributed by atoms with Gasteiger partial charge in [0.25, 0.3) is 5.91 Å². The SMILES string of the molecule is O=C1COc2ccc(N3C[C@H](CCNC[C@H]4CN5C(=O)CCc6ccc(F)c4c65)OC3=O)cc2N1. The largest absolute Gasteiger partial charge is 0.482 e. The number of carbonyl (C=O) groups excluding carboxylic acids is 3. The van der Waals surface area contributed by atoms with Crippen LogP contribution in [0.1, 0.15) is 29.9 Å². The number of nitrogens with zero attached hydrogens (tertiary/aromatic N) is 2. The molecule has 1 saturated heterocycles. The smallest absolute Gasteiger partial charge is 0.414 e. The zero-order valence-electron chi connectivity index (χ0n) is 19.0. The van der Waals surface area contributed by atoms with Gasteiger partial charge in [-0.05, 0) is 49.2 Å². The summed E-state index contributed by atoms with van der Waals surface area (Å²) in [4.78, 5) is 39.7. The molecule has 0 saturated carbocycles. The lowest BCUT2D eigenvalue weighted by atomic mass is 9.95. The number of amides is 3. The second kappa shape index (κ2) is 8.53. The molecule has 0 aliphatic carbocycles. The van der Waals surface area contributed by atoms with E-state index in [9.17, 15) is 18.8 Å². The maximum atomic E-state index is 14.7. The predicted octanol–water partition coefficient (Wildman–Crippen LogP) is 2.54. The number of cyclic esters (lactones) is 1. The summed E-state index contributed by atoms with van der Waals surface area (Å²) < 4.78 is 25.5. The van der Waals surface area contributed by atoms with Crippen LogP contribution in [0.5, 0.6) is 5.75 Å². The molecule has 0 radical (unpaired) electrons. The lowest BCUT2D eigenvalue weighted by Gasteiger charge is -2.25. The van der Waals surface area contributed by atoms with Gasteiger partial charge in [-0.1, -0.05) is 6.07 Å². The molecule has 4 heterocycles. The van der Waals surface area contributed by atoms with Gasteiger partial charge >= 0.3 is 6.09 Å². The molecule has 0 spiro atoms. The highest BCUT2D eigenvalue weighted by atomic mass is 19.1. The molecule has 2 aromatic rings. The molecular formula is C25H25FN4O5. The molecule has 2 aromatic carbocycles. The number of ether oxygens (including phenoxy) is 2. The number of rotatable bonds is 6. The summed E-state index contributed by atoms with van der Waals surface area (Å²) in [5.74, 6) is 0.00690. The number of hydrogen-bond acceptors (Lipinski definition) is 6. The molecule has 1 fully saturated rings. The summed E-state index contributed by atoms with van der Waals surface area (Å²) in [5, 5.41) is 6.10. The van der Waals surface area contributed by atoms with Crippen molar-refractivity contribution in [1.29, 1.82) is 0 Å². The number of anilines is 3. The first-order valence-corrected chi connectivity index (χ1v) is 11.8. The third-order valence-corrected chi connectivity index (χ3v) is 7.05. The van der Waals surface area contributed by atoms with Gasteiger partial charge in [-0.25, -0.2) is 9.18 Å². The van der Waals surface area contributed by atoms with E-state index in [1.807, 2.05) is 0 Å². The van der Waals surface area contributed by atoms with E-state index >= 15 is 0 Å². The third kappa shape index (κ3) is 3.87. The van der Waals surface area contributed by atoms with Crippen LogP contribution in [-0.2, 0) is 20.7 Å². The monoisotopic (exact) mass is 480 g/mol. The third-order valence-electron chi connectivity index (χ3n) is 7.05. The van der Waals surface area contributed by atoms with Gasteiger partial charge in [-0.3, -0.25) is 14.5 Å². The minimum absolute atomic E-state index is 0.0260. The van der Waals surface area contributed by atoms with Crippen molar-refractivity contribution in [2.45, 2.75) is 31.3 Å². The Bertz CT molecular complexity index is 1230. The lowest BCUT2D eigenvalue weighted by Crippen LogP contribution is -2.35. The maximum Gasteiger partial charge on any atom is 0.414 e. The Morgan fingerprint density at radius 2 is 1.97 bits per heavy atom. The molecule has 6 rings (SSSR count). The molecule has 2 N–H and O–H groups in total. The summed E-state index contributed by atoms with van der Waals surface area (Å²) in [7, 11) is 0. The van der Waals surface area contributed by atoms with E-state index in [1.54, 1.807) is 29.2 Å². The average molecular weight is 480 g/mol. The number of benzene rings is 2.